The highest BCUT2D eigenvalue weighted by Crippen LogP contribution is 2.40. The maximum atomic E-state index is 13.1. The number of nitrogens with zero attached hydrogens (tertiary/aromatic N) is 2. The van der Waals surface area contributed by atoms with Crippen LogP contribution in [0.15, 0.2) is 54.6 Å². The van der Waals surface area contributed by atoms with Gasteiger partial charge in [-0.2, -0.15) is 0 Å². The van der Waals surface area contributed by atoms with Gasteiger partial charge in [-0.25, -0.2) is 0 Å². The molecule has 2 heterocycles. The molecule has 0 aliphatic carbocycles. The van der Waals surface area contributed by atoms with Gasteiger partial charge in [0, 0.05) is 33.0 Å². The van der Waals surface area contributed by atoms with E-state index < -0.39 is 5.41 Å². The molecule has 0 bridgehead atoms. The second-order valence-electron chi connectivity index (χ2n) is 7.63. The molecule has 150 valence electrons. The number of rotatable bonds is 4. The molecule has 6 heteroatoms. The van der Waals surface area contributed by atoms with E-state index in [1.54, 1.807) is 4.90 Å². The highest BCUT2D eigenvalue weighted by atomic mass is 16.5. The van der Waals surface area contributed by atoms with Crippen molar-refractivity contribution < 1.29 is 19.1 Å². The molecule has 2 aromatic carbocycles. The predicted octanol–water partition coefficient (Wildman–Crippen LogP) is 2.23. The molecular weight excluding hydrogens is 368 g/mol. The summed E-state index contributed by atoms with van der Waals surface area (Å²) in [5.41, 5.74) is 1.66. The zero-order chi connectivity index (χ0) is 20.4. The first-order valence-electron chi connectivity index (χ1n) is 9.84. The van der Waals surface area contributed by atoms with Gasteiger partial charge in [-0.05, 0) is 16.7 Å². The standard InChI is InChI=1S/C23H24N2O4/c1-24-20(26)15-23(22(24)28,16-21(27)25-11-13-29-14-12-25)19-9-7-18(8-10-19)17-5-3-2-4-6-17/h2-10H,11-16H2,1H3. The number of hydrogen-bond acceptors (Lipinski definition) is 4. The molecule has 0 aromatic heterocycles. The van der Waals surface area contributed by atoms with Gasteiger partial charge in [-0.1, -0.05) is 54.6 Å². The summed E-state index contributed by atoms with van der Waals surface area (Å²) in [6.07, 6.45) is 0.00962. The van der Waals surface area contributed by atoms with Crippen molar-refractivity contribution in [2.45, 2.75) is 18.3 Å². The van der Waals surface area contributed by atoms with Crippen molar-refractivity contribution in [3.05, 3.63) is 60.2 Å². The average Bonchev–Trinajstić information content (AvgIpc) is 2.99. The number of imide groups is 1. The summed E-state index contributed by atoms with van der Waals surface area (Å²) >= 11 is 0. The number of amides is 3. The van der Waals surface area contributed by atoms with Crippen molar-refractivity contribution in [2.75, 3.05) is 33.4 Å². The first-order chi connectivity index (χ1) is 14.0. The largest absolute Gasteiger partial charge is 0.378 e. The van der Waals surface area contributed by atoms with E-state index in [0.29, 0.717) is 31.9 Å². The molecule has 2 aromatic rings. The van der Waals surface area contributed by atoms with Crippen LogP contribution in [-0.4, -0.2) is 60.9 Å². The molecule has 2 aliphatic heterocycles. The quantitative estimate of drug-likeness (QED) is 0.749. The van der Waals surface area contributed by atoms with Gasteiger partial charge in [0.05, 0.1) is 18.6 Å². The summed E-state index contributed by atoms with van der Waals surface area (Å²) < 4.78 is 5.32. The molecule has 2 saturated heterocycles. The molecule has 4 rings (SSSR count). The maximum absolute atomic E-state index is 13.1. The lowest BCUT2D eigenvalue weighted by Crippen LogP contribution is -2.46. The monoisotopic (exact) mass is 392 g/mol. The summed E-state index contributed by atoms with van der Waals surface area (Å²) in [7, 11) is 1.49. The van der Waals surface area contributed by atoms with Gasteiger partial charge in [-0.3, -0.25) is 19.3 Å². The van der Waals surface area contributed by atoms with Gasteiger partial charge in [-0.15, -0.1) is 0 Å². The zero-order valence-corrected chi connectivity index (χ0v) is 16.5. The number of carbonyl (C=O) groups excluding carboxylic acids is 3. The Bertz CT molecular complexity index is 920. The fourth-order valence-corrected chi connectivity index (χ4v) is 4.15. The van der Waals surface area contributed by atoms with Crippen LogP contribution in [0.25, 0.3) is 11.1 Å². The minimum Gasteiger partial charge on any atom is -0.378 e. The van der Waals surface area contributed by atoms with Crippen molar-refractivity contribution in [2.24, 2.45) is 0 Å². The SMILES string of the molecule is CN1C(=O)CC(CC(=O)N2CCOCC2)(c2ccc(-c3ccccc3)cc2)C1=O. The third-order valence-corrected chi connectivity index (χ3v) is 5.90. The van der Waals surface area contributed by atoms with E-state index in [1.807, 2.05) is 54.6 Å². The highest BCUT2D eigenvalue weighted by Gasteiger charge is 2.52. The minimum absolute atomic E-state index is 0.00734. The number of ether oxygens (including phenoxy) is 1. The van der Waals surface area contributed by atoms with E-state index in [9.17, 15) is 14.4 Å². The molecular formula is C23H24N2O4. The molecule has 3 amide bonds. The third kappa shape index (κ3) is 3.56. The van der Waals surface area contributed by atoms with Gasteiger partial charge in [0.25, 0.3) is 0 Å². The Kier molecular flexibility index (Phi) is 5.20. The molecule has 0 radical (unpaired) electrons. The lowest BCUT2D eigenvalue weighted by Gasteiger charge is -2.32. The lowest BCUT2D eigenvalue weighted by atomic mass is 9.75. The molecule has 0 saturated carbocycles. The van der Waals surface area contributed by atoms with Crippen LogP contribution < -0.4 is 0 Å². The Hall–Kier alpha value is -2.99. The lowest BCUT2D eigenvalue weighted by molar-refractivity contribution is -0.143. The van der Waals surface area contributed by atoms with Gasteiger partial charge >= 0.3 is 0 Å². The Morgan fingerprint density at radius 1 is 0.966 bits per heavy atom. The zero-order valence-electron chi connectivity index (χ0n) is 16.5. The maximum Gasteiger partial charge on any atom is 0.240 e. The van der Waals surface area contributed by atoms with Crippen LogP contribution in [0.2, 0.25) is 0 Å². The average molecular weight is 392 g/mol. The smallest absolute Gasteiger partial charge is 0.240 e. The number of hydrogen-bond donors (Lipinski definition) is 0. The molecule has 1 unspecified atom stereocenters. The summed E-state index contributed by atoms with van der Waals surface area (Å²) in [6.45, 7) is 2.02. The number of benzene rings is 2. The van der Waals surface area contributed by atoms with E-state index in [-0.39, 0.29) is 30.6 Å². The normalized spacial score (nSPS) is 22.2. The number of carbonyl (C=O) groups is 3. The van der Waals surface area contributed by atoms with Crippen molar-refractivity contribution in [1.82, 2.24) is 9.80 Å². The fourth-order valence-electron chi connectivity index (χ4n) is 4.15. The van der Waals surface area contributed by atoms with E-state index in [2.05, 4.69) is 0 Å². The third-order valence-electron chi connectivity index (χ3n) is 5.90. The predicted molar refractivity (Wildman–Crippen MR) is 108 cm³/mol. The van der Waals surface area contributed by atoms with Gasteiger partial charge in [0.15, 0.2) is 0 Å². The second-order valence-corrected chi connectivity index (χ2v) is 7.63. The second kappa shape index (κ2) is 7.79. The number of likely N-dealkylation sites (tertiary alicyclic amines) is 1. The summed E-state index contributed by atoms with van der Waals surface area (Å²) in [4.78, 5) is 41.3. The molecule has 6 nitrogen and oxygen atoms in total. The van der Waals surface area contributed by atoms with Crippen LogP contribution >= 0.6 is 0 Å². The summed E-state index contributed by atoms with van der Waals surface area (Å²) in [5.74, 6) is -0.676. The van der Waals surface area contributed by atoms with Gasteiger partial charge in [0.2, 0.25) is 17.7 Å². The van der Waals surface area contributed by atoms with Crippen molar-refractivity contribution in [3.8, 4) is 11.1 Å². The molecule has 0 N–H and O–H groups in total. The van der Waals surface area contributed by atoms with Crippen molar-refractivity contribution in [1.29, 1.82) is 0 Å². The topological polar surface area (TPSA) is 66.9 Å². The molecule has 2 fully saturated rings. The van der Waals surface area contributed by atoms with Crippen molar-refractivity contribution in [3.63, 3.8) is 0 Å². The van der Waals surface area contributed by atoms with Crippen LogP contribution in [0, 0.1) is 0 Å². The summed E-state index contributed by atoms with van der Waals surface area (Å²) in [5, 5.41) is 0. The Balaban J connectivity index is 1.67. The Labute approximate surface area is 170 Å². The first-order valence-corrected chi connectivity index (χ1v) is 9.84. The van der Waals surface area contributed by atoms with E-state index in [4.69, 9.17) is 4.74 Å². The molecule has 2 aliphatic rings. The van der Waals surface area contributed by atoms with Crippen LogP contribution in [0.4, 0.5) is 0 Å². The van der Waals surface area contributed by atoms with Crippen molar-refractivity contribution >= 4 is 17.7 Å². The summed E-state index contributed by atoms with van der Waals surface area (Å²) in [6, 6.07) is 17.6. The van der Waals surface area contributed by atoms with Gasteiger partial charge < -0.3 is 9.64 Å². The van der Waals surface area contributed by atoms with E-state index >= 15 is 0 Å². The first kappa shape index (κ1) is 19.3. The number of likely N-dealkylation sites (N-methyl/N-ethyl adjacent to an activating group) is 1. The molecule has 0 spiro atoms. The molecule has 29 heavy (non-hydrogen) atoms. The highest BCUT2D eigenvalue weighted by molar-refractivity contribution is 6.10. The minimum atomic E-state index is -1.14. The Morgan fingerprint density at radius 2 is 1.59 bits per heavy atom. The fraction of sp³-hybridized carbons (Fsp3) is 0.348. The Morgan fingerprint density at radius 3 is 2.17 bits per heavy atom. The van der Waals surface area contributed by atoms with Crippen LogP contribution in [0.3, 0.4) is 0 Å². The van der Waals surface area contributed by atoms with Crippen LogP contribution in [0.1, 0.15) is 18.4 Å². The number of morpholine rings is 1. The molecule has 1 atom stereocenters. The van der Waals surface area contributed by atoms with Crippen LogP contribution in [0.5, 0.6) is 0 Å². The van der Waals surface area contributed by atoms with Crippen LogP contribution in [-0.2, 0) is 24.5 Å². The van der Waals surface area contributed by atoms with Gasteiger partial charge in [0.1, 0.15) is 0 Å². The van der Waals surface area contributed by atoms with E-state index in [0.717, 1.165) is 16.0 Å². The van der Waals surface area contributed by atoms with E-state index in [1.165, 1.54) is 7.05 Å².